The number of hydrogen-bond donors (Lipinski definition) is 1. The zero-order valence-corrected chi connectivity index (χ0v) is 13.1. The summed E-state index contributed by atoms with van der Waals surface area (Å²) in [5, 5.41) is 10.3. The summed E-state index contributed by atoms with van der Waals surface area (Å²) in [5.74, 6) is 1.42. The zero-order valence-electron chi connectivity index (χ0n) is 13.1. The monoisotopic (exact) mass is 298 g/mol. The lowest BCUT2D eigenvalue weighted by atomic mass is 10.0. The van der Waals surface area contributed by atoms with E-state index in [1.807, 2.05) is 18.2 Å². The molecule has 1 aromatic heterocycles. The van der Waals surface area contributed by atoms with Gasteiger partial charge in [0.2, 0.25) is 0 Å². The van der Waals surface area contributed by atoms with Crippen molar-refractivity contribution in [3.8, 4) is 22.8 Å². The van der Waals surface area contributed by atoms with Crippen molar-refractivity contribution in [2.45, 2.75) is 20.4 Å². The second-order valence-electron chi connectivity index (χ2n) is 6.18. The van der Waals surface area contributed by atoms with Gasteiger partial charge in [-0.25, -0.2) is 0 Å². The Morgan fingerprint density at radius 3 is 2.91 bits per heavy atom. The Labute approximate surface area is 131 Å². The Kier molecular flexibility index (Phi) is 4.29. The van der Waals surface area contributed by atoms with E-state index in [0.29, 0.717) is 18.3 Å². The molecule has 1 aliphatic rings. The van der Waals surface area contributed by atoms with Crippen LogP contribution in [0.4, 0.5) is 0 Å². The standard InChI is InChI=1S/C18H22N2O2/c1-13(2)11-20-7-8-22-18-15(12-20)9-14(10-17(18)21)16-5-3-4-6-19-16/h3-6,9-10,13,21H,7-8,11-12H2,1-2H3. The Balaban J connectivity index is 1.96. The fourth-order valence-corrected chi connectivity index (χ4v) is 2.91. The first kappa shape index (κ1) is 14.9. The van der Waals surface area contributed by atoms with Gasteiger partial charge in [-0.3, -0.25) is 9.88 Å². The van der Waals surface area contributed by atoms with Crippen LogP contribution in [-0.2, 0) is 6.54 Å². The van der Waals surface area contributed by atoms with Crippen molar-refractivity contribution in [3.05, 3.63) is 42.1 Å². The molecule has 0 fully saturated rings. The van der Waals surface area contributed by atoms with Crippen LogP contribution in [0.2, 0.25) is 0 Å². The first-order valence-corrected chi connectivity index (χ1v) is 7.76. The van der Waals surface area contributed by atoms with Crippen LogP contribution >= 0.6 is 0 Å². The van der Waals surface area contributed by atoms with Crippen LogP contribution in [0, 0.1) is 5.92 Å². The Bertz CT molecular complexity index is 641. The molecule has 0 unspecified atom stereocenters. The first-order valence-electron chi connectivity index (χ1n) is 7.76. The highest BCUT2D eigenvalue weighted by molar-refractivity contribution is 5.66. The van der Waals surface area contributed by atoms with Gasteiger partial charge in [0.05, 0.1) is 5.69 Å². The van der Waals surface area contributed by atoms with E-state index in [1.54, 1.807) is 12.3 Å². The van der Waals surface area contributed by atoms with Gasteiger partial charge in [0, 0.05) is 37.0 Å². The zero-order chi connectivity index (χ0) is 15.5. The Morgan fingerprint density at radius 1 is 1.32 bits per heavy atom. The molecule has 4 heteroatoms. The first-order chi connectivity index (χ1) is 10.6. The molecule has 22 heavy (non-hydrogen) atoms. The van der Waals surface area contributed by atoms with E-state index in [0.717, 1.165) is 36.5 Å². The number of rotatable bonds is 3. The van der Waals surface area contributed by atoms with Crippen molar-refractivity contribution in [2.24, 2.45) is 5.92 Å². The van der Waals surface area contributed by atoms with Crippen LogP contribution in [0.25, 0.3) is 11.3 Å². The van der Waals surface area contributed by atoms with Gasteiger partial charge in [-0.2, -0.15) is 0 Å². The molecule has 0 amide bonds. The fourth-order valence-electron chi connectivity index (χ4n) is 2.91. The Hall–Kier alpha value is -2.07. The van der Waals surface area contributed by atoms with Crippen molar-refractivity contribution in [1.82, 2.24) is 9.88 Å². The number of benzene rings is 1. The van der Waals surface area contributed by atoms with Crippen LogP contribution in [0.5, 0.6) is 11.5 Å². The normalized spacial score (nSPS) is 15.2. The minimum absolute atomic E-state index is 0.199. The maximum atomic E-state index is 10.3. The van der Waals surface area contributed by atoms with Gasteiger partial charge in [-0.05, 0) is 30.2 Å². The predicted octanol–water partition coefficient (Wildman–Crippen LogP) is 3.30. The summed E-state index contributed by atoms with van der Waals surface area (Å²) in [6, 6.07) is 9.60. The summed E-state index contributed by atoms with van der Waals surface area (Å²) in [4.78, 5) is 6.74. The molecule has 116 valence electrons. The molecule has 0 aliphatic carbocycles. The topological polar surface area (TPSA) is 45.6 Å². The van der Waals surface area contributed by atoms with E-state index in [4.69, 9.17) is 4.74 Å². The molecule has 0 saturated heterocycles. The highest BCUT2D eigenvalue weighted by Gasteiger charge is 2.20. The molecule has 1 aromatic carbocycles. The quantitative estimate of drug-likeness (QED) is 0.944. The van der Waals surface area contributed by atoms with Crippen LogP contribution in [0.15, 0.2) is 36.5 Å². The molecule has 2 heterocycles. The molecular weight excluding hydrogens is 276 g/mol. The largest absolute Gasteiger partial charge is 0.504 e. The molecule has 0 spiro atoms. The van der Waals surface area contributed by atoms with E-state index in [2.05, 4.69) is 29.8 Å². The molecule has 2 aromatic rings. The number of hydrogen-bond acceptors (Lipinski definition) is 4. The van der Waals surface area contributed by atoms with E-state index in [1.165, 1.54) is 0 Å². The van der Waals surface area contributed by atoms with Gasteiger partial charge in [-0.1, -0.05) is 19.9 Å². The lowest BCUT2D eigenvalue weighted by molar-refractivity contribution is 0.205. The lowest BCUT2D eigenvalue weighted by Gasteiger charge is -2.21. The van der Waals surface area contributed by atoms with Gasteiger partial charge in [0.25, 0.3) is 0 Å². The smallest absolute Gasteiger partial charge is 0.165 e. The maximum absolute atomic E-state index is 10.3. The molecule has 0 radical (unpaired) electrons. The van der Waals surface area contributed by atoms with Gasteiger partial charge in [0.15, 0.2) is 11.5 Å². The average Bonchev–Trinajstić information content (AvgIpc) is 2.69. The molecule has 4 nitrogen and oxygen atoms in total. The number of ether oxygens (including phenoxy) is 1. The van der Waals surface area contributed by atoms with Crippen molar-refractivity contribution < 1.29 is 9.84 Å². The summed E-state index contributed by atoms with van der Waals surface area (Å²) in [6.45, 7) is 7.74. The lowest BCUT2D eigenvalue weighted by Crippen LogP contribution is -2.29. The third-order valence-electron chi connectivity index (χ3n) is 3.78. The van der Waals surface area contributed by atoms with Gasteiger partial charge < -0.3 is 9.84 Å². The summed E-state index contributed by atoms with van der Waals surface area (Å²) >= 11 is 0. The summed E-state index contributed by atoms with van der Waals surface area (Å²) in [5.41, 5.74) is 2.81. The second-order valence-corrected chi connectivity index (χ2v) is 6.18. The van der Waals surface area contributed by atoms with Crippen molar-refractivity contribution in [3.63, 3.8) is 0 Å². The number of aromatic hydroxyl groups is 1. The third kappa shape index (κ3) is 3.22. The summed E-state index contributed by atoms with van der Waals surface area (Å²) < 4.78 is 5.77. The maximum Gasteiger partial charge on any atom is 0.165 e. The van der Waals surface area contributed by atoms with E-state index in [-0.39, 0.29) is 5.75 Å². The number of phenols is 1. The fraction of sp³-hybridized carbons (Fsp3) is 0.389. The third-order valence-corrected chi connectivity index (χ3v) is 3.78. The van der Waals surface area contributed by atoms with Gasteiger partial charge >= 0.3 is 0 Å². The average molecular weight is 298 g/mol. The summed E-state index contributed by atoms with van der Waals surface area (Å²) in [7, 11) is 0. The molecule has 0 bridgehead atoms. The molecule has 1 aliphatic heterocycles. The van der Waals surface area contributed by atoms with E-state index < -0.39 is 0 Å². The SMILES string of the molecule is CC(C)CN1CCOc2c(O)cc(-c3ccccn3)cc2C1. The van der Waals surface area contributed by atoms with Gasteiger partial charge in [-0.15, -0.1) is 0 Å². The van der Waals surface area contributed by atoms with Crippen LogP contribution in [0.3, 0.4) is 0 Å². The number of pyridine rings is 1. The van der Waals surface area contributed by atoms with Crippen molar-refractivity contribution in [2.75, 3.05) is 19.7 Å². The molecule has 0 saturated carbocycles. The second kappa shape index (κ2) is 6.36. The Morgan fingerprint density at radius 2 is 2.18 bits per heavy atom. The molecular formula is C18H22N2O2. The van der Waals surface area contributed by atoms with Crippen LogP contribution < -0.4 is 4.74 Å². The van der Waals surface area contributed by atoms with E-state index >= 15 is 0 Å². The van der Waals surface area contributed by atoms with E-state index in [9.17, 15) is 5.11 Å². The summed E-state index contributed by atoms with van der Waals surface area (Å²) in [6.07, 6.45) is 1.76. The van der Waals surface area contributed by atoms with Gasteiger partial charge in [0.1, 0.15) is 6.61 Å². The predicted molar refractivity (Wildman–Crippen MR) is 86.9 cm³/mol. The minimum atomic E-state index is 0.199. The highest BCUT2D eigenvalue weighted by Crippen LogP contribution is 2.37. The number of fused-ring (bicyclic) bond motifs is 1. The van der Waals surface area contributed by atoms with Crippen LogP contribution in [-0.4, -0.2) is 34.7 Å². The van der Waals surface area contributed by atoms with Crippen LogP contribution in [0.1, 0.15) is 19.4 Å². The number of nitrogens with zero attached hydrogens (tertiary/aromatic N) is 2. The number of aromatic nitrogens is 1. The van der Waals surface area contributed by atoms with Crippen molar-refractivity contribution >= 4 is 0 Å². The molecule has 1 N–H and O–H groups in total. The van der Waals surface area contributed by atoms with Crippen molar-refractivity contribution in [1.29, 1.82) is 0 Å². The molecule has 3 rings (SSSR count). The number of phenolic OH excluding ortho intramolecular Hbond substituents is 1. The highest BCUT2D eigenvalue weighted by atomic mass is 16.5. The molecule has 0 atom stereocenters. The minimum Gasteiger partial charge on any atom is -0.504 e.